The van der Waals surface area contributed by atoms with E-state index in [0.717, 1.165) is 16.0 Å². The standard InChI is InChI=1S/C19H14N2O4S/c1-11-15(12-5-3-2-4-6-12)16-17(26-11)20-10-21(18(16)22)9-13-7-8-14(25-13)19(23)24/h2-8,10H,9H2,1H3,(H,23,24). The summed E-state index contributed by atoms with van der Waals surface area (Å²) in [6.07, 6.45) is 1.47. The maximum atomic E-state index is 13.1. The fourth-order valence-electron chi connectivity index (χ4n) is 2.95. The van der Waals surface area contributed by atoms with Crippen LogP contribution >= 0.6 is 11.3 Å². The number of aryl methyl sites for hydroxylation is 1. The van der Waals surface area contributed by atoms with Crippen LogP contribution in [-0.4, -0.2) is 20.6 Å². The van der Waals surface area contributed by atoms with Crippen molar-refractivity contribution in [2.45, 2.75) is 13.5 Å². The normalized spacial score (nSPS) is 11.1. The third-order valence-corrected chi connectivity index (χ3v) is 5.13. The van der Waals surface area contributed by atoms with Crippen LogP contribution in [0.15, 0.2) is 58.0 Å². The molecule has 0 fully saturated rings. The molecule has 0 amide bonds. The average Bonchev–Trinajstić information content (AvgIpc) is 3.22. The average molecular weight is 366 g/mol. The lowest BCUT2D eigenvalue weighted by molar-refractivity contribution is 0.0660. The Morgan fingerprint density at radius 2 is 2.00 bits per heavy atom. The zero-order valence-corrected chi connectivity index (χ0v) is 14.6. The predicted molar refractivity (Wildman–Crippen MR) is 98.8 cm³/mol. The lowest BCUT2D eigenvalue weighted by atomic mass is 10.0. The second-order valence-electron chi connectivity index (χ2n) is 5.83. The van der Waals surface area contributed by atoms with Crippen LogP contribution in [0.1, 0.15) is 21.2 Å². The van der Waals surface area contributed by atoms with Gasteiger partial charge in [-0.2, -0.15) is 0 Å². The summed E-state index contributed by atoms with van der Waals surface area (Å²) in [5.74, 6) is -0.908. The highest BCUT2D eigenvalue weighted by Gasteiger charge is 2.17. The monoisotopic (exact) mass is 366 g/mol. The van der Waals surface area contributed by atoms with E-state index in [0.29, 0.717) is 16.0 Å². The molecular formula is C19H14N2O4S. The van der Waals surface area contributed by atoms with E-state index in [-0.39, 0.29) is 17.9 Å². The number of carboxylic acids is 1. The summed E-state index contributed by atoms with van der Waals surface area (Å²) in [5.41, 5.74) is 1.69. The molecule has 26 heavy (non-hydrogen) atoms. The molecule has 0 aliphatic carbocycles. The fourth-order valence-corrected chi connectivity index (χ4v) is 3.95. The van der Waals surface area contributed by atoms with Crippen molar-refractivity contribution in [3.05, 3.63) is 75.5 Å². The van der Waals surface area contributed by atoms with Crippen LogP contribution in [-0.2, 0) is 6.54 Å². The maximum Gasteiger partial charge on any atom is 0.371 e. The van der Waals surface area contributed by atoms with E-state index in [2.05, 4.69) is 4.98 Å². The second-order valence-corrected chi connectivity index (χ2v) is 7.03. The Kier molecular flexibility index (Phi) is 3.93. The van der Waals surface area contributed by atoms with Gasteiger partial charge in [-0.1, -0.05) is 30.3 Å². The topological polar surface area (TPSA) is 85.3 Å². The van der Waals surface area contributed by atoms with Crippen molar-refractivity contribution in [1.29, 1.82) is 0 Å². The number of hydrogen-bond acceptors (Lipinski definition) is 5. The number of furan rings is 1. The molecule has 1 aromatic carbocycles. The third kappa shape index (κ3) is 2.72. The molecule has 130 valence electrons. The van der Waals surface area contributed by atoms with Gasteiger partial charge in [0.1, 0.15) is 10.6 Å². The molecule has 0 unspecified atom stereocenters. The van der Waals surface area contributed by atoms with Crippen LogP contribution in [0.2, 0.25) is 0 Å². The first kappa shape index (κ1) is 16.3. The van der Waals surface area contributed by atoms with E-state index < -0.39 is 5.97 Å². The minimum Gasteiger partial charge on any atom is -0.475 e. The first-order valence-corrected chi connectivity index (χ1v) is 8.72. The van der Waals surface area contributed by atoms with Gasteiger partial charge in [0.25, 0.3) is 5.56 Å². The van der Waals surface area contributed by atoms with Crippen LogP contribution in [0.4, 0.5) is 0 Å². The van der Waals surface area contributed by atoms with E-state index in [4.69, 9.17) is 9.52 Å². The summed E-state index contributed by atoms with van der Waals surface area (Å²) in [4.78, 5) is 30.1. The molecule has 0 atom stereocenters. The summed E-state index contributed by atoms with van der Waals surface area (Å²) >= 11 is 1.49. The number of carbonyl (C=O) groups is 1. The number of fused-ring (bicyclic) bond motifs is 1. The number of rotatable bonds is 4. The van der Waals surface area contributed by atoms with Gasteiger partial charge < -0.3 is 9.52 Å². The molecule has 0 radical (unpaired) electrons. The van der Waals surface area contributed by atoms with Crippen LogP contribution in [0.25, 0.3) is 21.3 Å². The largest absolute Gasteiger partial charge is 0.475 e. The van der Waals surface area contributed by atoms with E-state index in [1.807, 2.05) is 37.3 Å². The summed E-state index contributed by atoms with van der Waals surface area (Å²) in [5, 5.41) is 9.53. The highest BCUT2D eigenvalue weighted by molar-refractivity contribution is 7.19. The molecule has 0 aliphatic rings. The Hall–Kier alpha value is -3.19. The van der Waals surface area contributed by atoms with E-state index in [1.165, 1.54) is 28.3 Å². The highest BCUT2D eigenvalue weighted by atomic mass is 32.1. The molecule has 3 heterocycles. The molecule has 1 N–H and O–H groups in total. The van der Waals surface area contributed by atoms with E-state index in [9.17, 15) is 9.59 Å². The van der Waals surface area contributed by atoms with Crippen molar-refractivity contribution in [3.8, 4) is 11.1 Å². The molecule has 4 aromatic rings. The van der Waals surface area contributed by atoms with Gasteiger partial charge in [-0.25, -0.2) is 9.78 Å². The summed E-state index contributed by atoms with van der Waals surface area (Å²) in [7, 11) is 0. The first-order valence-electron chi connectivity index (χ1n) is 7.90. The minimum absolute atomic E-state index is 0.123. The predicted octanol–water partition coefficient (Wildman–Crippen LogP) is 3.77. The Balaban J connectivity index is 1.84. The molecule has 7 heteroatoms. The van der Waals surface area contributed by atoms with Gasteiger partial charge in [0.15, 0.2) is 0 Å². The number of aromatic nitrogens is 2. The molecule has 0 bridgehead atoms. The molecule has 0 saturated heterocycles. The Labute approximate surface area is 152 Å². The Morgan fingerprint density at radius 1 is 1.23 bits per heavy atom. The lowest BCUT2D eigenvalue weighted by Crippen LogP contribution is -2.20. The van der Waals surface area contributed by atoms with Gasteiger partial charge in [-0.05, 0) is 24.6 Å². The van der Waals surface area contributed by atoms with Gasteiger partial charge in [0.2, 0.25) is 5.76 Å². The van der Waals surface area contributed by atoms with Crippen molar-refractivity contribution in [1.82, 2.24) is 9.55 Å². The first-order chi connectivity index (χ1) is 12.5. The van der Waals surface area contributed by atoms with Gasteiger partial charge in [0, 0.05) is 10.4 Å². The van der Waals surface area contributed by atoms with Crippen molar-refractivity contribution in [2.75, 3.05) is 0 Å². The molecule has 4 rings (SSSR count). The van der Waals surface area contributed by atoms with Crippen molar-refractivity contribution >= 4 is 27.5 Å². The summed E-state index contributed by atoms with van der Waals surface area (Å²) in [6, 6.07) is 12.7. The number of benzene rings is 1. The van der Waals surface area contributed by atoms with Crippen LogP contribution < -0.4 is 5.56 Å². The molecular weight excluding hydrogens is 352 g/mol. The molecule has 0 spiro atoms. The number of aromatic carboxylic acids is 1. The van der Waals surface area contributed by atoms with E-state index >= 15 is 0 Å². The van der Waals surface area contributed by atoms with Gasteiger partial charge in [0.05, 0.1) is 18.3 Å². The molecule has 0 saturated carbocycles. The summed E-state index contributed by atoms with van der Waals surface area (Å²) < 4.78 is 6.69. The van der Waals surface area contributed by atoms with Crippen LogP contribution in [0.3, 0.4) is 0 Å². The quantitative estimate of drug-likeness (QED) is 0.594. The Morgan fingerprint density at radius 3 is 2.69 bits per heavy atom. The van der Waals surface area contributed by atoms with Crippen molar-refractivity contribution < 1.29 is 14.3 Å². The molecule has 6 nitrogen and oxygen atoms in total. The lowest BCUT2D eigenvalue weighted by Gasteiger charge is -2.05. The zero-order chi connectivity index (χ0) is 18.3. The maximum absolute atomic E-state index is 13.1. The van der Waals surface area contributed by atoms with Crippen molar-refractivity contribution in [3.63, 3.8) is 0 Å². The number of hydrogen-bond donors (Lipinski definition) is 1. The highest BCUT2D eigenvalue weighted by Crippen LogP contribution is 2.35. The summed E-state index contributed by atoms with van der Waals surface area (Å²) in [6.45, 7) is 2.10. The number of carboxylic acid groups (broad SMARTS) is 1. The van der Waals surface area contributed by atoms with Crippen molar-refractivity contribution in [2.24, 2.45) is 0 Å². The molecule has 3 aromatic heterocycles. The zero-order valence-electron chi connectivity index (χ0n) is 13.8. The van der Waals surface area contributed by atoms with E-state index in [1.54, 1.807) is 6.07 Å². The SMILES string of the molecule is Cc1sc2ncn(Cc3ccc(C(=O)O)o3)c(=O)c2c1-c1ccccc1. The van der Waals surface area contributed by atoms with Crippen LogP contribution in [0.5, 0.6) is 0 Å². The minimum atomic E-state index is -1.14. The second kappa shape index (κ2) is 6.27. The third-order valence-electron chi connectivity index (χ3n) is 4.12. The Bertz CT molecular complexity index is 1170. The van der Waals surface area contributed by atoms with Gasteiger partial charge >= 0.3 is 5.97 Å². The van der Waals surface area contributed by atoms with Crippen LogP contribution in [0, 0.1) is 6.92 Å². The smallest absolute Gasteiger partial charge is 0.371 e. The van der Waals surface area contributed by atoms with Gasteiger partial charge in [-0.15, -0.1) is 11.3 Å². The fraction of sp³-hybridized carbons (Fsp3) is 0.105. The van der Waals surface area contributed by atoms with Gasteiger partial charge in [-0.3, -0.25) is 9.36 Å². The number of thiophene rings is 1. The number of nitrogens with zero attached hydrogens (tertiary/aromatic N) is 2. The molecule has 0 aliphatic heterocycles.